The molecule has 0 atom stereocenters. The smallest absolute Gasteiger partial charge is 0.291 e. The summed E-state index contributed by atoms with van der Waals surface area (Å²) in [7, 11) is 0. The Morgan fingerprint density at radius 3 is 2.92 bits per heavy atom. The number of H-pyrrole nitrogens is 1. The van der Waals surface area contributed by atoms with Crippen LogP contribution in [0.2, 0.25) is 0 Å². The summed E-state index contributed by atoms with van der Waals surface area (Å²) in [4.78, 5) is 12.0. The maximum atomic E-state index is 12.0. The van der Waals surface area contributed by atoms with Gasteiger partial charge in [0.1, 0.15) is 5.75 Å². The molecule has 0 bridgehead atoms. The Labute approximate surface area is 141 Å². The van der Waals surface area contributed by atoms with E-state index in [1.54, 1.807) is 12.3 Å². The first kappa shape index (κ1) is 16.2. The van der Waals surface area contributed by atoms with Crippen LogP contribution in [0.25, 0.3) is 0 Å². The lowest BCUT2D eigenvalue weighted by molar-refractivity contribution is 0.0950. The zero-order valence-corrected chi connectivity index (χ0v) is 13.8. The number of ether oxygens (including phenoxy) is 1. The molecule has 6 heteroatoms. The standard InChI is InChI=1S/C18H22N4O2/c1-2-3-10-24-15-8-4-13(5-9-15)12-19-22-18(23)17-11-16(20-21-17)14-6-7-14/h4-5,8-9,11-12,14H,2-3,6-7,10H2,1H3,(H,20,21)(H,22,23). The van der Waals surface area contributed by atoms with E-state index in [4.69, 9.17) is 4.74 Å². The number of rotatable bonds is 8. The van der Waals surface area contributed by atoms with Crippen LogP contribution in [0.5, 0.6) is 5.75 Å². The third-order valence-electron chi connectivity index (χ3n) is 3.87. The lowest BCUT2D eigenvalue weighted by Crippen LogP contribution is -2.18. The topological polar surface area (TPSA) is 79.4 Å². The number of benzene rings is 1. The first-order valence-electron chi connectivity index (χ1n) is 8.38. The van der Waals surface area contributed by atoms with E-state index in [0.717, 1.165) is 36.5 Å². The number of unbranched alkanes of at least 4 members (excludes halogenated alkanes) is 1. The summed E-state index contributed by atoms with van der Waals surface area (Å²) >= 11 is 0. The van der Waals surface area contributed by atoms with E-state index in [1.165, 1.54) is 12.8 Å². The molecule has 3 rings (SSSR count). The van der Waals surface area contributed by atoms with Crippen molar-refractivity contribution in [2.24, 2.45) is 5.10 Å². The van der Waals surface area contributed by atoms with Crippen LogP contribution < -0.4 is 10.2 Å². The number of nitrogens with zero attached hydrogens (tertiary/aromatic N) is 2. The molecular weight excluding hydrogens is 304 g/mol. The van der Waals surface area contributed by atoms with Crippen molar-refractivity contribution in [1.82, 2.24) is 15.6 Å². The summed E-state index contributed by atoms with van der Waals surface area (Å²) in [6.07, 6.45) is 6.09. The molecule has 1 aromatic carbocycles. The second-order valence-corrected chi connectivity index (χ2v) is 5.95. The molecule has 1 aliphatic rings. The van der Waals surface area contributed by atoms with Gasteiger partial charge < -0.3 is 4.74 Å². The molecule has 2 aromatic rings. The van der Waals surface area contributed by atoms with E-state index in [0.29, 0.717) is 11.6 Å². The number of carbonyl (C=O) groups excluding carboxylic acids is 1. The summed E-state index contributed by atoms with van der Waals surface area (Å²) in [5.41, 5.74) is 4.78. The quantitative estimate of drug-likeness (QED) is 0.444. The first-order chi connectivity index (χ1) is 11.8. The van der Waals surface area contributed by atoms with Gasteiger partial charge in [0, 0.05) is 11.6 Å². The third-order valence-corrected chi connectivity index (χ3v) is 3.87. The SMILES string of the molecule is CCCCOc1ccc(C=NNC(=O)c2cc(C3CC3)[nH]n2)cc1. The Kier molecular flexibility index (Phi) is 5.25. The predicted octanol–water partition coefficient (Wildman–Crippen LogP) is 3.23. The Morgan fingerprint density at radius 2 is 2.21 bits per heavy atom. The summed E-state index contributed by atoms with van der Waals surface area (Å²) in [5, 5.41) is 10.9. The molecule has 1 heterocycles. The van der Waals surface area contributed by atoms with Gasteiger partial charge >= 0.3 is 0 Å². The average molecular weight is 326 g/mol. The zero-order valence-electron chi connectivity index (χ0n) is 13.8. The van der Waals surface area contributed by atoms with Gasteiger partial charge in [0.05, 0.1) is 12.8 Å². The van der Waals surface area contributed by atoms with Crippen LogP contribution >= 0.6 is 0 Å². The van der Waals surface area contributed by atoms with Crippen molar-refractivity contribution in [2.45, 2.75) is 38.5 Å². The summed E-state index contributed by atoms with van der Waals surface area (Å²) in [5.74, 6) is 1.07. The molecule has 0 spiro atoms. The Bertz CT molecular complexity index is 702. The lowest BCUT2D eigenvalue weighted by Gasteiger charge is -2.04. The second-order valence-electron chi connectivity index (χ2n) is 5.95. The highest BCUT2D eigenvalue weighted by Gasteiger charge is 2.26. The van der Waals surface area contributed by atoms with Crippen LogP contribution in [0, 0.1) is 0 Å². The molecule has 126 valence electrons. The van der Waals surface area contributed by atoms with E-state index >= 15 is 0 Å². The van der Waals surface area contributed by atoms with Crippen molar-refractivity contribution >= 4 is 12.1 Å². The number of hydrogen-bond donors (Lipinski definition) is 2. The van der Waals surface area contributed by atoms with Crippen molar-refractivity contribution < 1.29 is 9.53 Å². The van der Waals surface area contributed by atoms with Gasteiger partial charge in [-0.2, -0.15) is 10.2 Å². The van der Waals surface area contributed by atoms with Gasteiger partial charge in [-0.3, -0.25) is 9.89 Å². The molecule has 24 heavy (non-hydrogen) atoms. The van der Waals surface area contributed by atoms with E-state index in [1.807, 2.05) is 24.3 Å². The molecule has 1 aromatic heterocycles. The normalized spacial score (nSPS) is 14.0. The molecule has 1 fully saturated rings. The van der Waals surface area contributed by atoms with Crippen molar-refractivity contribution in [3.63, 3.8) is 0 Å². The minimum atomic E-state index is -0.311. The highest BCUT2D eigenvalue weighted by atomic mass is 16.5. The van der Waals surface area contributed by atoms with Crippen LogP contribution in [0.3, 0.4) is 0 Å². The maximum absolute atomic E-state index is 12.0. The van der Waals surface area contributed by atoms with Crippen molar-refractivity contribution in [3.8, 4) is 5.75 Å². The van der Waals surface area contributed by atoms with Gasteiger partial charge in [0.15, 0.2) is 5.69 Å². The number of aromatic amines is 1. The van der Waals surface area contributed by atoms with Crippen molar-refractivity contribution in [2.75, 3.05) is 6.61 Å². The minimum Gasteiger partial charge on any atom is -0.494 e. The molecule has 0 saturated heterocycles. The molecular formula is C18H22N4O2. The van der Waals surface area contributed by atoms with E-state index in [-0.39, 0.29) is 5.91 Å². The minimum absolute atomic E-state index is 0.311. The summed E-state index contributed by atoms with van der Waals surface area (Å²) < 4.78 is 5.60. The fraction of sp³-hybridized carbons (Fsp3) is 0.389. The van der Waals surface area contributed by atoms with E-state index in [9.17, 15) is 4.79 Å². The number of hydrazone groups is 1. The van der Waals surface area contributed by atoms with Crippen LogP contribution in [0.1, 0.15) is 60.3 Å². The van der Waals surface area contributed by atoms with Gasteiger partial charge in [0.25, 0.3) is 5.91 Å². The number of aromatic nitrogens is 2. The van der Waals surface area contributed by atoms with Crippen LogP contribution in [0.15, 0.2) is 35.4 Å². The molecule has 6 nitrogen and oxygen atoms in total. The average Bonchev–Trinajstić information content (AvgIpc) is 3.33. The predicted molar refractivity (Wildman–Crippen MR) is 92.5 cm³/mol. The maximum Gasteiger partial charge on any atom is 0.291 e. The molecule has 0 radical (unpaired) electrons. The monoisotopic (exact) mass is 326 g/mol. The summed E-state index contributed by atoms with van der Waals surface area (Å²) in [6.45, 7) is 2.86. The summed E-state index contributed by atoms with van der Waals surface area (Å²) in [6, 6.07) is 9.39. The fourth-order valence-corrected chi connectivity index (χ4v) is 2.26. The van der Waals surface area contributed by atoms with Crippen LogP contribution in [-0.2, 0) is 0 Å². The number of nitrogens with one attached hydrogen (secondary N) is 2. The molecule has 0 unspecified atom stereocenters. The van der Waals surface area contributed by atoms with Crippen LogP contribution in [0.4, 0.5) is 0 Å². The van der Waals surface area contributed by atoms with Crippen molar-refractivity contribution in [1.29, 1.82) is 0 Å². The second kappa shape index (κ2) is 7.77. The third kappa shape index (κ3) is 4.44. The van der Waals surface area contributed by atoms with Gasteiger partial charge in [-0.25, -0.2) is 5.43 Å². The van der Waals surface area contributed by atoms with E-state index in [2.05, 4.69) is 27.6 Å². The zero-order chi connectivity index (χ0) is 16.8. The van der Waals surface area contributed by atoms with Gasteiger partial charge in [-0.15, -0.1) is 0 Å². The van der Waals surface area contributed by atoms with E-state index < -0.39 is 0 Å². The molecule has 1 amide bonds. The highest BCUT2D eigenvalue weighted by molar-refractivity contribution is 5.93. The lowest BCUT2D eigenvalue weighted by atomic mass is 10.2. The number of carbonyl (C=O) groups is 1. The van der Waals surface area contributed by atoms with Gasteiger partial charge in [-0.05, 0) is 55.2 Å². The highest BCUT2D eigenvalue weighted by Crippen LogP contribution is 2.38. The molecule has 1 saturated carbocycles. The molecule has 2 N–H and O–H groups in total. The largest absolute Gasteiger partial charge is 0.494 e. The fourth-order valence-electron chi connectivity index (χ4n) is 2.26. The number of amides is 1. The Balaban J connectivity index is 1.48. The van der Waals surface area contributed by atoms with Crippen molar-refractivity contribution in [3.05, 3.63) is 47.3 Å². The van der Waals surface area contributed by atoms with Gasteiger partial charge in [-0.1, -0.05) is 13.3 Å². The Morgan fingerprint density at radius 1 is 1.42 bits per heavy atom. The molecule has 0 aliphatic heterocycles. The van der Waals surface area contributed by atoms with Crippen LogP contribution in [-0.4, -0.2) is 28.9 Å². The number of hydrogen-bond acceptors (Lipinski definition) is 4. The molecule has 1 aliphatic carbocycles. The van der Waals surface area contributed by atoms with Gasteiger partial charge in [0.2, 0.25) is 0 Å². The first-order valence-corrected chi connectivity index (χ1v) is 8.38. The Hall–Kier alpha value is -2.63.